The number of nitrogens with zero attached hydrogens (tertiary/aromatic N) is 1. The fourth-order valence-electron chi connectivity index (χ4n) is 4.12. The van der Waals surface area contributed by atoms with Crippen LogP contribution in [0.5, 0.6) is 11.5 Å². The number of rotatable bonds is 11. The van der Waals surface area contributed by atoms with E-state index in [1.807, 2.05) is 36.4 Å². The molecule has 1 aliphatic heterocycles. The van der Waals surface area contributed by atoms with E-state index < -0.39 is 29.6 Å². The van der Waals surface area contributed by atoms with E-state index in [0.29, 0.717) is 30.1 Å². The highest BCUT2D eigenvalue weighted by Crippen LogP contribution is 2.37. The van der Waals surface area contributed by atoms with Crippen molar-refractivity contribution in [2.45, 2.75) is 13.0 Å². The average Bonchev–Trinajstić information content (AvgIpc) is 3.24. The standard InChI is InChI=1S/C31H27ClN2O7S/c1-4-8-21-13-20(14-25(39-2)28(21)41-18-19-9-6-5-7-10-19)15-26-29(36)34(31(38)42-26)17-27(35)33-22-11-12-24(32)23(16-22)30(37)40-3/h4-7,9-16H,1,8,17-18H2,2-3H3,(H,33,35)/b26-15-. The quantitative estimate of drug-likeness (QED) is 0.158. The highest BCUT2D eigenvalue weighted by atomic mass is 35.5. The van der Waals surface area contributed by atoms with Crippen molar-refractivity contribution >= 4 is 58.1 Å². The zero-order valence-electron chi connectivity index (χ0n) is 22.8. The number of amides is 3. The molecule has 3 aromatic carbocycles. The van der Waals surface area contributed by atoms with Gasteiger partial charge in [0.15, 0.2) is 11.5 Å². The largest absolute Gasteiger partial charge is 0.493 e. The van der Waals surface area contributed by atoms with Crippen LogP contribution in [0.2, 0.25) is 5.02 Å². The molecule has 0 aromatic heterocycles. The normalized spacial score (nSPS) is 13.7. The van der Waals surface area contributed by atoms with E-state index in [1.54, 1.807) is 18.2 Å². The molecule has 4 rings (SSSR count). The third-order valence-electron chi connectivity index (χ3n) is 6.09. The first-order valence-electron chi connectivity index (χ1n) is 12.7. The molecule has 42 heavy (non-hydrogen) atoms. The first kappa shape index (κ1) is 30.4. The topological polar surface area (TPSA) is 111 Å². The highest BCUT2D eigenvalue weighted by molar-refractivity contribution is 8.18. The Bertz CT molecular complexity index is 1570. The van der Waals surface area contributed by atoms with Gasteiger partial charge in [-0.15, -0.1) is 6.58 Å². The Morgan fingerprint density at radius 2 is 1.83 bits per heavy atom. The number of esters is 1. The lowest BCUT2D eigenvalue weighted by molar-refractivity contribution is -0.127. The van der Waals surface area contributed by atoms with Gasteiger partial charge in [-0.05, 0) is 65.7 Å². The minimum atomic E-state index is -0.671. The Labute approximate surface area is 252 Å². The van der Waals surface area contributed by atoms with Gasteiger partial charge in [0, 0.05) is 11.3 Å². The number of thioether (sulfide) groups is 1. The van der Waals surface area contributed by atoms with E-state index in [2.05, 4.69) is 16.6 Å². The Hall–Kier alpha value is -4.54. The summed E-state index contributed by atoms with van der Waals surface area (Å²) in [6.45, 7) is 3.64. The maximum atomic E-state index is 13.1. The molecule has 0 aliphatic carbocycles. The zero-order valence-corrected chi connectivity index (χ0v) is 24.4. The molecule has 0 radical (unpaired) electrons. The second kappa shape index (κ2) is 13.9. The number of halogens is 1. The van der Waals surface area contributed by atoms with Crippen LogP contribution in [0.25, 0.3) is 6.08 Å². The summed E-state index contributed by atoms with van der Waals surface area (Å²) in [5.74, 6) is -0.896. The molecule has 1 heterocycles. The molecule has 11 heteroatoms. The van der Waals surface area contributed by atoms with Gasteiger partial charge in [-0.3, -0.25) is 19.3 Å². The molecular weight excluding hydrogens is 580 g/mol. The van der Waals surface area contributed by atoms with Crippen molar-refractivity contribution in [2.75, 3.05) is 26.1 Å². The van der Waals surface area contributed by atoms with E-state index >= 15 is 0 Å². The van der Waals surface area contributed by atoms with Gasteiger partial charge in [0.05, 0.1) is 29.7 Å². The first-order valence-corrected chi connectivity index (χ1v) is 13.8. The van der Waals surface area contributed by atoms with Crippen molar-refractivity contribution < 1.29 is 33.4 Å². The number of carbonyl (C=O) groups excluding carboxylic acids is 4. The number of methoxy groups -OCH3 is 2. The smallest absolute Gasteiger partial charge is 0.339 e. The van der Waals surface area contributed by atoms with Gasteiger partial charge in [-0.2, -0.15) is 0 Å². The van der Waals surface area contributed by atoms with Crippen LogP contribution in [0.4, 0.5) is 10.5 Å². The van der Waals surface area contributed by atoms with E-state index in [4.69, 9.17) is 21.1 Å². The van der Waals surface area contributed by atoms with Crippen molar-refractivity contribution in [1.82, 2.24) is 4.90 Å². The van der Waals surface area contributed by atoms with E-state index in [-0.39, 0.29) is 21.2 Å². The predicted octanol–water partition coefficient (Wildman–Crippen LogP) is 6.12. The number of allylic oxidation sites excluding steroid dienone is 1. The Morgan fingerprint density at radius 3 is 2.52 bits per heavy atom. The molecule has 0 saturated carbocycles. The molecule has 0 spiro atoms. The predicted molar refractivity (Wildman–Crippen MR) is 162 cm³/mol. The van der Waals surface area contributed by atoms with Gasteiger partial charge in [-0.25, -0.2) is 4.79 Å². The third kappa shape index (κ3) is 7.20. The summed E-state index contributed by atoms with van der Waals surface area (Å²) < 4.78 is 16.4. The molecule has 0 atom stereocenters. The number of carbonyl (C=O) groups is 4. The van der Waals surface area contributed by atoms with Gasteiger partial charge in [0.1, 0.15) is 13.2 Å². The molecule has 3 aromatic rings. The van der Waals surface area contributed by atoms with Crippen LogP contribution in [-0.4, -0.2) is 48.7 Å². The lowest BCUT2D eigenvalue weighted by Crippen LogP contribution is -2.36. The maximum Gasteiger partial charge on any atom is 0.339 e. The van der Waals surface area contributed by atoms with E-state index in [1.165, 1.54) is 32.4 Å². The van der Waals surface area contributed by atoms with Gasteiger partial charge < -0.3 is 19.5 Å². The fraction of sp³-hybridized carbons (Fsp3) is 0.161. The SMILES string of the molecule is C=CCc1cc(/C=C2\SC(=O)N(CC(=O)Nc3ccc(Cl)c(C(=O)OC)c3)C2=O)cc(OC)c1OCc1ccccc1. The van der Waals surface area contributed by atoms with Crippen LogP contribution in [0, 0.1) is 0 Å². The lowest BCUT2D eigenvalue weighted by Gasteiger charge is -2.16. The molecule has 216 valence electrons. The minimum absolute atomic E-state index is 0.0637. The zero-order chi connectivity index (χ0) is 30.2. The lowest BCUT2D eigenvalue weighted by atomic mass is 10.0. The van der Waals surface area contributed by atoms with Crippen LogP contribution in [-0.2, 0) is 27.4 Å². The van der Waals surface area contributed by atoms with Crippen LogP contribution < -0.4 is 14.8 Å². The third-order valence-corrected chi connectivity index (χ3v) is 7.33. The molecule has 1 fully saturated rings. The van der Waals surface area contributed by atoms with Crippen LogP contribution >= 0.6 is 23.4 Å². The Morgan fingerprint density at radius 1 is 1.07 bits per heavy atom. The number of hydrogen-bond donors (Lipinski definition) is 1. The highest BCUT2D eigenvalue weighted by Gasteiger charge is 2.36. The first-order chi connectivity index (χ1) is 20.2. The van der Waals surface area contributed by atoms with E-state index in [0.717, 1.165) is 27.8 Å². The van der Waals surface area contributed by atoms with Crippen LogP contribution in [0.15, 0.2) is 78.2 Å². The van der Waals surface area contributed by atoms with Crippen molar-refractivity contribution in [2.24, 2.45) is 0 Å². The fourth-order valence-corrected chi connectivity index (χ4v) is 5.15. The second-order valence-electron chi connectivity index (χ2n) is 8.98. The van der Waals surface area contributed by atoms with Crippen molar-refractivity contribution in [3.63, 3.8) is 0 Å². The number of nitrogens with one attached hydrogen (secondary N) is 1. The molecule has 1 saturated heterocycles. The summed E-state index contributed by atoms with van der Waals surface area (Å²) in [5, 5.41) is 2.13. The molecular formula is C31H27ClN2O7S. The van der Waals surface area contributed by atoms with Crippen LogP contribution in [0.3, 0.4) is 0 Å². The summed E-state index contributed by atoms with van der Waals surface area (Å²) in [5.41, 5.74) is 2.71. The van der Waals surface area contributed by atoms with Gasteiger partial charge in [0.2, 0.25) is 5.91 Å². The minimum Gasteiger partial charge on any atom is -0.493 e. The molecule has 1 aliphatic rings. The summed E-state index contributed by atoms with van der Waals surface area (Å²) in [7, 11) is 2.73. The molecule has 0 bridgehead atoms. The molecule has 3 amide bonds. The van der Waals surface area contributed by atoms with Crippen LogP contribution in [0.1, 0.15) is 27.0 Å². The van der Waals surface area contributed by atoms with Gasteiger partial charge in [-0.1, -0.05) is 48.0 Å². The number of imide groups is 1. The number of anilines is 1. The van der Waals surface area contributed by atoms with Gasteiger partial charge >= 0.3 is 5.97 Å². The summed E-state index contributed by atoms with van der Waals surface area (Å²) in [6.07, 6.45) is 3.78. The maximum absolute atomic E-state index is 13.1. The van der Waals surface area contributed by atoms with Crippen molar-refractivity contribution in [3.8, 4) is 11.5 Å². The molecule has 9 nitrogen and oxygen atoms in total. The summed E-state index contributed by atoms with van der Waals surface area (Å²) in [6, 6.07) is 17.5. The van der Waals surface area contributed by atoms with Crippen molar-refractivity contribution in [3.05, 3.63) is 106 Å². The summed E-state index contributed by atoms with van der Waals surface area (Å²) in [4.78, 5) is 51.4. The average molecular weight is 607 g/mol. The van der Waals surface area contributed by atoms with Crippen molar-refractivity contribution in [1.29, 1.82) is 0 Å². The Balaban J connectivity index is 1.50. The molecule has 1 N–H and O–H groups in total. The number of benzene rings is 3. The Kier molecular flexibility index (Phi) is 10.1. The monoisotopic (exact) mass is 606 g/mol. The van der Waals surface area contributed by atoms with Gasteiger partial charge in [0.25, 0.3) is 11.1 Å². The molecule has 0 unspecified atom stereocenters. The van der Waals surface area contributed by atoms with E-state index in [9.17, 15) is 19.2 Å². The number of hydrogen-bond acceptors (Lipinski definition) is 8. The second-order valence-corrected chi connectivity index (χ2v) is 10.4. The number of ether oxygens (including phenoxy) is 3. The summed E-state index contributed by atoms with van der Waals surface area (Å²) >= 11 is 6.75.